The maximum Gasteiger partial charge on any atom is 0.331 e. The van der Waals surface area contributed by atoms with E-state index in [1.54, 1.807) is 0 Å². The van der Waals surface area contributed by atoms with Gasteiger partial charge < -0.3 is 5.32 Å². The zero-order chi connectivity index (χ0) is 11.0. The van der Waals surface area contributed by atoms with E-state index in [0.29, 0.717) is 6.54 Å². The molecule has 14 heavy (non-hydrogen) atoms. The molecule has 3 N–H and O–H groups in total. The molecule has 1 rings (SSSR count). The number of hydrogen-bond acceptors (Lipinski definition) is 2. The summed E-state index contributed by atoms with van der Waals surface area (Å²) >= 11 is 0. The van der Waals surface area contributed by atoms with Gasteiger partial charge in [-0.2, -0.15) is 0 Å². The van der Waals surface area contributed by atoms with Gasteiger partial charge >= 0.3 is 6.03 Å². The predicted octanol–water partition coefficient (Wildman–Crippen LogP) is 1.47. The summed E-state index contributed by atoms with van der Waals surface area (Å²) < 4.78 is 0. The molecule has 82 valence electrons. The van der Waals surface area contributed by atoms with E-state index in [-0.39, 0.29) is 17.0 Å². The highest BCUT2D eigenvalue weighted by molar-refractivity contribution is 5.75. The van der Waals surface area contributed by atoms with Crippen LogP contribution >= 0.6 is 0 Å². The lowest BCUT2D eigenvalue weighted by atomic mass is 9.69. The molecule has 1 atom stereocenters. The van der Waals surface area contributed by atoms with E-state index in [2.05, 4.69) is 33.0 Å². The largest absolute Gasteiger partial charge is 0.331 e. The van der Waals surface area contributed by atoms with Gasteiger partial charge in [0.15, 0.2) is 0 Å². The number of hydrazine groups is 1. The summed E-state index contributed by atoms with van der Waals surface area (Å²) in [5.41, 5.74) is -0.0430. The summed E-state index contributed by atoms with van der Waals surface area (Å²) in [6.45, 7) is 9.23. The third kappa shape index (κ3) is 1.71. The number of rotatable bonds is 2. The fraction of sp³-hybridized carbons (Fsp3) is 0.900. The van der Waals surface area contributed by atoms with E-state index >= 15 is 0 Å². The van der Waals surface area contributed by atoms with Crippen LogP contribution in [0.5, 0.6) is 0 Å². The average molecular weight is 199 g/mol. The molecule has 4 nitrogen and oxygen atoms in total. The Hall–Kier alpha value is -0.770. The topological polar surface area (TPSA) is 58.4 Å². The fourth-order valence-electron chi connectivity index (χ4n) is 1.71. The molecule has 0 bridgehead atoms. The van der Waals surface area contributed by atoms with Gasteiger partial charge in [-0.1, -0.05) is 20.8 Å². The lowest BCUT2D eigenvalue weighted by molar-refractivity contribution is 0.0770. The van der Waals surface area contributed by atoms with E-state index in [4.69, 9.17) is 5.84 Å². The zero-order valence-electron chi connectivity index (χ0n) is 9.55. The summed E-state index contributed by atoms with van der Waals surface area (Å²) in [6.07, 6.45) is 1.93. The van der Waals surface area contributed by atoms with Crippen LogP contribution in [0.15, 0.2) is 0 Å². The van der Waals surface area contributed by atoms with Crippen molar-refractivity contribution in [2.75, 3.05) is 6.54 Å². The van der Waals surface area contributed by atoms with Crippen LogP contribution in [-0.2, 0) is 0 Å². The van der Waals surface area contributed by atoms with Gasteiger partial charge in [-0.15, -0.1) is 0 Å². The van der Waals surface area contributed by atoms with Crippen LogP contribution in [0.4, 0.5) is 4.79 Å². The number of carbonyl (C=O) groups excluding carboxylic acids is 1. The maximum atomic E-state index is 11.5. The van der Waals surface area contributed by atoms with Gasteiger partial charge in [0.25, 0.3) is 0 Å². The van der Waals surface area contributed by atoms with Crippen molar-refractivity contribution in [2.24, 2.45) is 11.3 Å². The normalized spacial score (nSPS) is 28.9. The molecule has 1 saturated heterocycles. The second-order valence-corrected chi connectivity index (χ2v) is 4.94. The molecule has 2 amide bonds. The molecule has 1 heterocycles. The van der Waals surface area contributed by atoms with Crippen molar-refractivity contribution in [3.05, 3.63) is 0 Å². The SMILES string of the molecule is CCC(C)(C)C1(C)CCN(N)C(=O)N1. The first-order valence-corrected chi connectivity index (χ1v) is 5.17. The van der Waals surface area contributed by atoms with Crippen LogP contribution in [0, 0.1) is 5.41 Å². The van der Waals surface area contributed by atoms with Crippen LogP contribution in [0.3, 0.4) is 0 Å². The van der Waals surface area contributed by atoms with E-state index in [0.717, 1.165) is 12.8 Å². The first-order valence-electron chi connectivity index (χ1n) is 5.17. The number of carbonyl (C=O) groups is 1. The summed E-state index contributed by atoms with van der Waals surface area (Å²) in [7, 11) is 0. The quantitative estimate of drug-likeness (QED) is 0.522. The maximum absolute atomic E-state index is 11.5. The molecule has 0 spiro atoms. The van der Waals surface area contributed by atoms with Gasteiger partial charge in [0.2, 0.25) is 0 Å². The Morgan fingerprint density at radius 3 is 2.64 bits per heavy atom. The average Bonchev–Trinajstić information content (AvgIpc) is 2.12. The number of nitrogens with one attached hydrogen (secondary N) is 1. The lowest BCUT2D eigenvalue weighted by Crippen LogP contribution is -2.65. The van der Waals surface area contributed by atoms with E-state index in [1.807, 2.05) is 0 Å². The number of urea groups is 1. The molecule has 1 aliphatic rings. The second kappa shape index (κ2) is 3.42. The van der Waals surface area contributed by atoms with Crippen molar-refractivity contribution < 1.29 is 4.79 Å². The minimum absolute atomic E-state index is 0.101. The van der Waals surface area contributed by atoms with E-state index in [1.165, 1.54) is 5.01 Å². The Balaban J connectivity index is 2.82. The molecule has 0 saturated carbocycles. The third-order valence-electron chi connectivity index (χ3n) is 3.87. The monoisotopic (exact) mass is 199 g/mol. The molecule has 1 fully saturated rings. The van der Waals surface area contributed by atoms with Crippen molar-refractivity contribution in [3.63, 3.8) is 0 Å². The molecule has 0 radical (unpaired) electrons. The molecule has 0 aromatic rings. The second-order valence-electron chi connectivity index (χ2n) is 4.94. The molecule has 1 unspecified atom stereocenters. The van der Waals surface area contributed by atoms with Crippen molar-refractivity contribution in [1.82, 2.24) is 10.3 Å². The molecule has 1 aliphatic heterocycles. The number of nitrogens with zero attached hydrogens (tertiary/aromatic N) is 1. The highest BCUT2D eigenvalue weighted by Crippen LogP contribution is 2.37. The Morgan fingerprint density at radius 1 is 1.64 bits per heavy atom. The van der Waals surface area contributed by atoms with Crippen LogP contribution in [-0.4, -0.2) is 23.1 Å². The molecular formula is C10H21N3O. The van der Waals surface area contributed by atoms with Crippen molar-refractivity contribution in [1.29, 1.82) is 0 Å². The smallest absolute Gasteiger partial charge is 0.331 e. The van der Waals surface area contributed by atoms with Crippen LogP contribution in [0.25, 0.3) is 0 Å². The fourth-order valence-corrected chi connectivity index (χ4v) is 1.71. The number of amides is 2. The minimum Gasteiger partial charge on any atom is -0.331 e. The first-order chi connectivity index (χ1) is 6.32. The summed E-state index contributed by atoms with van der Waals surface area (Å²) in [4.78, 5) is 11.5. The summed E-state index contributed by atoms with van der Waals surface area (Å²) in [5, 5.41) is 4.24. The van der Waals surface area contributed by atoms with Crippen LogP contribution < -0.4 is 11.2 Å². The number of hydrogen-bond donors (Lipinski definition) is 2. The van der Waals surface area contributed by atoms with Crippen molar-refractivity contribution in [2.45, 2.75) is 46.1 Å². The van der Waals surface area contributed by atoms with E-state index < -0.39 is 0 Å². The summed E-state index contributed by atoms with van der Waals surface area (Å²) in [5.74, 6) is 5.51. The Labute approximate surface area is 85.8 Å². The van der Waals surface area contributed by atoms with Gasteiger partial charge in [-0.3, -0.25) is 5.01 Å². The minimum atomic E-state index is -0.166. The third-order valence-corrected chi connectivity index (χ3v) is 3.87. The Kier molecular flexibility index (Phi) is 2.76. The first kappa shape index (κ1) is 11.3. The van der Waals surface area contributed by atoms with Gasteiger partial charge in [0.05, 0.1) is 0 Å². The van der Waals surface area contributed by atoms with Gasteiger partial charge in [0, 0.05) is 12.1 Å². The Morgan fingerprint density at radius 2 is 2.21 bits per heavy atom. The molecular weight excluding hydrogens is 178 g/mol. The highest BCUT2D eigenvalue weighted by atomic mass is 16.2. The number of nitrogens with two attached hydrogens (primary N) is 1. The molecule has 0 aliphatic carbocycles. The molecule has 0 aromatic carbocycles. The van der Waals surface area contributed by atoms with Gasteiger partial charge in [-0.05, 0) is 25.2 Å². The van der Waals surface area contributed by atoms with E-state index in [9.17, 15) is 4.79 Å². The predicted molar refractivity (Wildman–Crippen MR) is 56.5 cm³/mol. The molecule has 4 heteroatoms. The molecule has 0 aromatic heterocycles. The summed E-state index contributed by atoms with van der Waals surface area (Å²) in [6, 6.07) is -0.166. The zero-order valence-corrected chi connectivity index (χ0v) is 9.55. The highest BCUT2D eigenvalue weighted by Gasteiger charge is 2.44. The standard InChI is InChI=1S/C10H21N3O/c1-5-9(2,3)10(4)6-7-13(11)8(14)12-10/h5-7,11H2,1-4H3,(H,12,14). The van der Waals surface area contributed by atoms with Crippen molar-refractivity contribution in [3.8, 4) is 0 Å². The van der Waals surface area contributed by atoms with Crippen LogP contribution in [0.2, 0.25) is 0 Å². The van der Waals surface area contributed by atoms with Gasteiger partial charge in [-0.25, -0.2) is 10.6 Å². The van der Waals surface area contributed by atoms with Crippen LogP contribution in [0.1, 0.15) is 40.5 Å². The lowest BCUT2D eigenvalue weighted by Gasteiger charge is -2.48. The van der Waals surface area contributed by atoms with Gasteiger partial charge in [0.1, 0.15) is 0 Å². The Bertz CT molecular complexity index is 240. The van der Waals surface area contributed by atoms with Crippen molar-refractivity contribution >= 4 is 6.03 Å².